The lowest BCUT2D eigenvalue weighted by molar-refractivity contribution is 1.17. The van der Waals surface area contributed by atoms with Crippen LogP contribution in [0.4, 0.5) is 0 Å². The quantitative estimate of drug-likeness (QED) is 0.364. The lowest BCUT2D eigenvalue weighted by atomic mass is 10.4. The summed E-state index contributed by atoms with van der Waals surface area (Å²) in [5.41, 5.74) is 0. The monoisotopic (exact) mass is 116 g/mol. The first kappa shape index (κ1) is 5.17. The van der Waals surface area contributed by atoms with Crippen molar-refractivity contribution in [3.63, 3.8) is 0 Å². The molecular formula is C6H9Cl. The second-order valence-electron chi connectivity index (χ2n) is 2.03. The zero-order valence-electron chi connectivity index (χ0n) is 4.45. The summed E-state index contributed by atoms with van der Waals surface area (Å²) in [6.45, 7) is 2.00. The first-order valence-corrected chi connectivity index (χ1v) is 2.97. The standard InChI is InChI=1S/C6H9Cl/c1-2-3-6(7)4-5-6/h2-3H,4-5H2,1H3/b3-2-. The topological polar surface area (TPSA) is 0 Å². The van der Waals surface area contributed by atoms with E-state index in [0.717, 1.165) is 0 Å². The molecule has 1 heteroatoms. The smallest absolute Gasteiger partial charge is 0.0627 e. The largest absolute Gasteiger partial charge is 0.115 e. The molecule has 1 fully saturated rings. The van der Waals surface area contributed by atoms with Crippen molar-refractivity contribution in [1.29, 1.82) is 0 Å². The van der Waals surface area contributed by atoms with E-state index >= 15 is 0 Å². The maximum absolute atomic E-state index is 5.86. The van der Waals surface area contributed by atoms with Crippen LogP contribution in [0.15, 0.2) is 12.2 Å². The molecule has 0 heterocycles. The molecule has 0 N–H and O–H groups in total. The van der Waals surface area contributed by atoms with Crippen molar-refractivity contribution in [1.82, 2.24) is 0 Å². The highest BCUT2D eigenvalue weighted by molar-refractivity contribution is 6.27. The van der Waals surface area contributed by atoms with Gasteiger partial charge in [-0.15, -0.1) is 11.6 Å². The van der Waals surface area contributed by atoms with Crippen LogP contribution >= 0.6 is 11.6 Å². The summed E-state index contributed by atoms with van der Waals surface area (Å²) >= 11 is 5.86. The Morgan fingerprint density at radius 1 is 1.57 bits per heavy atom. The van der Waals surface area contributed by atoms with Gasteiger partial charge in [0.25, 0.3) is 0 Å². The molecule has 1 aliphatic carbocycles. The van der Waals surface area contributed by atoms with Crippen molar-refractivity contribution >= 4 is 11.6 Å². The van der Waals surface area contributed by atoms with Gasteiger partial charge in [0.05, 0.1) is 4.87 Å². The molecule has 0 aliphatic heterocycles. The van der Waals surface area contributed by atoms with Gasteiger partial charge < -0.3 is 0 Å². The summed E-state index contributed by atoms with van der Waals surface area (Å²) in [6, 6.07) is 0. The Hall–Kier alpha value is 0.0300. The van der Waals surface area contributed by atoms with Crippen molar-refractivity contribution < 1.29 is 0 Å². The van der Waals surface area contributed by atoms with Gasteiger partial charge in [-0.25, -0.2) is 0 Å². The Morgan fingerprint density at radius 3 is 2.29 bits per heavy atom. The van der Waals surface area contributed by atoms with Crippen molar-refractivity contribution in [3.8, 4) is 0 Å². The third kappa shape index (κ3) is 1.20. The number of rotatable bonds is 1. The number of hydrogen-bond acceptors (Lipinski definition) is 0. The summed E-state index contributed by atoms with van der Waals surface area (Å²) < 4.78 is 0. The predicted octanol–water partition coefficient (Wildman–Crippen LogP) is 2.33. The van der Waals surface area contributed by atoms with Crippen molar-refractivity contribution in [2.75, 3.05) is 0 Å². The molecule has 7 heavy (non-hydrogen) atoms. The second kappa shape index (κ2) is 1.52. The van der Waals surface area contributed by atoms with E-state index < -0.39 is 0 Å². The van der Waals surface area contributed by atoms with E-state index in [1.807, 2.05) is 13.0 Å². The van der Waals surface area contributed by atoms with Gasteiger partial charge in [-0.3, -0.25) is 0 Å². The average Bonchev–Trinajstić information content (AvgIpc) is 2.22. The van der Waals surface area contributed by atoms with Crippen LogP contribution in [0.3, 0.4) is 0 Å². The molecular weight excluding hydrogens is 108 g/mol. The summed E-state index contributed by atoms with van der Waals surface area (Å²) in [6.07, 6.45) is 6.41. The molecule has 0 atom stereocenters. The van der Waals surface area contributed by atoms with Crippen LogP contribution in [-0.2, 0) is 0 Å². The van der Waals surface area contributed by atoms with Crippen LogP contribution in [0, 0.1) is 0 Å². The molecule has 0 radical (unpaired) electrons. The van der Waals surface area contributed by atoms with Crippen LogP contribution < -0.4 is 0 Å². The van der Waals surface area contributed by atoms with Crippen molar-refractivity contribution in [2.45, 2.75) is 24.6 Å². The molecule has 0 aromatic carbocycles. The molecule has 0 spiro atoms. The molecule has 0 unspecified atom stereocenters. The lowest BCUT2D eigenvalue weighted by Crippen LogP contribution is -1.86. The second-order valence-corrected chi connectivity index (χ2v) is 2.79. The van der Waals surface area contributed by atoms with Gasteiger partial charge in [0.1, 0.15) is 0 Å². The van der Waals surface area contributed by atoms with Crippen molar-refractivity contribution in [3.05, 3.63) is 12.2 Å². The highest BCUT2D eigenvalue weighted by Crippen LogP contribution is 2.43. The van der Waals surface area contributed by atoms with Crippen LogP contribution in [0.5, 0.6) is 0 Å². The maximum atomic E-state index is 5.86. The Morgan fingerprint density at radius 2 is 2.14 bits per heavy atom. The van der Waals surface area contributed by atoms with Gasteiger partial charge in [0.15, 0.2) is 0 Å². The fourth-order valence-corrected chi connectivity index (χ4v) is 0.805. The Bertz CT molecular complexity index is 90.4. The minimum atomic E-state index is 0.0920. The third-order valence-corrected chi connectivity index (χ3v) is 1.70. The van der Waals surface area contributed by atoms with E-state index in [2.05, 4.69) is 6.08 Å². The molecule has 40 valence electrons. The predicted molar refractivity (Wildman–Crippen MR) is 32.6 cm³/mol. The minimum Gasteiger partial charge on any atom is -0.115 e. The zero-order valence-corrected chi connectivity index (χ0v) is 5.20. The molecule has 0 aromatic rings. The molecule has 1 rings (SSSR count). The fourth-order valence-electron chi connectivity index (χ4n) is 0.585. The van der Waals surface area contributed by atoms with E-state index in [-0.39, 0.29) is 4.87 Å². The van der Waals surface area contributed by atoms with Gasteiger partial charge in [0.2, 0.25) is 0 Å². The molecule has 1 aliphatic rings. The van der Waals surface area contributed by atoms with Gasteiger partial charge in [-0.2, -0.15) is 0 Å². The van der Waals surface area contributed by atoms with Gasteiger partial charge in [0, 0.05) is 0 Å². The maximum Gasteiger partial charge on any atom is 0.0627 e. The minimum absolute atomic E-state index is 0.0920. The summed E-state index contributed by atoms with van der Waals surface area (Å²) in [5, 5.41) is 0. The normalized spacial score (nSPS) is 26.0. The Labute approximate surface area is 49.2 Å². The summed E-state index contributed by atoms with van der Waals surface area (Å²) in [4.78, 5) is 0.0920. The number of allylic oxidation sites excluding steroid dienone is 2. The lowest BCUT2D eigenvalue weighted by Gasteiger charge is -1.89. The number of alkyl halides is 1. The summed E-state index contributed by atoms with van der Waals surface area (Å²) in [7, 11) is 0. The molecule has 0 aromatic heterocycles. The molecule has 0 nitrogen and oxygen atoms in total. The molecule has 1 saturated carbocycles. The van der Waals surface area contributed by atoms with Crippen LogP contribution in [0.25, 0.3) is 0 Å². The SMILES string of the molecule is C/C=C\C1(Cl)CC1. The summed E-state index contributed by atoms with van der Waals surface area (Å²) in [5.74, 6) is 0. The zero-order chi connectivity index (χ0) is 5.33. The van der Waals surface area contributed by atoms with E-state index in [9.17, 15) is 0 Å². The van der Waals surface area contributed by atoms with E-state index in [4.69, 9.17) is 11.6 Å². The highest BCUT2D eigenvalue weighted by atomic mass is 35.5. The molecule has 0 bridgehead atoms. The van der Waals surface area contributed by atoms with Crippen molar-refractivity contribution in [2.24, 2.45) is 0 Å². The molecule has 0 saturated heterocycles. The third-order valence-electron chi connectivity index (χ3n) is 1.19. The Balaban J connectivity index is 2.40. The first-order valence-electron chi connectivity index (χ1n) is 2.60. The van der Waals surface area contributed by atoms with E-state index in [1.165, 1.54) is 12.8 Å². The van der Waals surface area contributed by atoms with Crippen LogP contribution in [-0.4, -0.2) is 4.87 Å². The number of hydrogen-bond donors (Lipinski definition) is 0. The first-order chi connectivity index (χ1) is 3.27. The molecule has 0 amide bonds. The number of halogens is 1. The fraction of sp³-hybridized carbons (Fsp3) is 0.667. The van der Waals surface area contributed by atoms with Gasteiger partial charge in [-0.05, 0) is 19.8 Å². The van der Waals surface area contributed by atoms with Gasteiger partial charge in [-0.1, -0.05) is 12.2 Å². The van der Waals surface area contributed by atoms with E-state index in [1.54, 1.807) is 0 Å². The van der Waals surface area contributed by atoms with E-state index in [0.29, 0.717) is 0 Å². The Kier molecular flexibility index (Phi) is 1.12. The van der Waals surface area contributed by atoms with Crippen LogP contribution in [0.1, 0.15) is 19.8 Å². The van der Waals surface area contributed by atoms with Gasteiger partial charge >= 0.3 is 0 Å². The average molecular weight is 117 g/mol. The van der Waals surface area contributed by atoms with Crippen LogP contribution in [0.2, 0.25) is 0 Å². The highest BCUT2D eigenvalue weighted by Gasteiger charge is 2.36.